The van der Waals surface area contributed by atoms with Crippen molar-refractivity contribution in [3.8, 4) is 0 Å². The Hall–Kier alpha value is -3.08. The van der Waals surface area contributed by atoms with Crippen molar-refractivity contribution in [2.75, 3.05) is 14.1 Å². The molecule has 2 aromatic rings. The molecule has 0 aromatic heterocycles. The van der Waals surface area contributed by atoms with Gasteiger partial charge in [0.15, 0.2) is 5.78 Å². The number of benzene rings is 2. The third kappa shape index (κ3) is 4.98. The van der Waals surface area contributed by atoms with E-state index < -0.39 is 11.6 Å². The Morgan fingerprint density at radius 2 is 1.55 bits per heavy atom. The van der Waals surface area contributed by atoms with Crippen LogP contribution in [0.4, 0.5) is 4.79 Å². The predicted molar refractivity (Wildman–Crippen MR) is 124 cm³/mol. The lowest BCUT2D eigenvalue weighted by molar-refractivity contribution is 0.0295. The minimum Gasteiger partial charge on any atom is -0.465 e. The number of carbonyl (C=O) groups excluding carboxylic acids is 1. The van der Waals surface area contributed by atoms with Gasteiger partial charge in [0.25, 0.3) is 0 Å². The summed E-state index contributed by atoms with van der Waals surface area (Å²) < 4.78 is 0. The van der Waals surface area contributed by atoms with Gasteiger partial charge in [0, 0.05) is 48.9 Å². The van der Waals surface area contributed by atoms with Crippen LogP contribution >= 0.6 is 0 Å². The second-order valence-electron chi connectivity index (χ2n) is 9.40. The number of carboxylic acid groups (broad SMARTS) is 1. The first kappa shape index (κ1) is 22.6. The summed E-state index contributed by atoms with van der Waals surface area (Å²) in [5.41, 5.74) is 2.78. The fourth-order valence-electron chi connectivity index (χ4n) is 4.28. The highest BCUT2D eigenvalue weighted by Gasteiger charge is 2.43. The molecule has 0 saturated heterocycles. The Balaban J connectivity index is 1.84. The van der Waals surface area contributed by atoms with E-state index in [2.05, 4.69) is 0 Å². The predicted octanol–water partition coefficient (Wildman–Crippen LogP) is 5.50. The second-order valence-corrected chi connectivity index (χ2v) is 9.40. The summed E-state index contributed by atoms with van der Waals surface area (Å²) in [6.45, 7) is 5.79. The lowest BCUT2D eigenvalue weighted by Crippen LogP contribution is -2.56. The molecule has 0 bridgehead atoms. The summed E-state index contributed by atoms with van der Waals surface area (Å²) >= 11 is 0. The van der Waals surface area contributed by atoms with Crippen LogP contribution in [0.15, 0.2) is 60.8 Å². The van der Waals surface area contributed by atoms with E-state index in [-0.39, 0.29) is 17.7 Å². The van der Waals surface area contributed by atoms with Crippen molar-refractivity contribution in [2.45, 2.75) is 51.1 Å². The van der Waals surface area contributed by atoms with E-state index in [1.54, 1.807) is 4.90 Å². The highest BCUT2D eigenvalue weighted by molar-refractivity contribution is 6.28. The zero-order valence-electron chi connectivity index (χ0n) is 19.0. The lowest BCUT2D eigenvalue weighted by atomic mass is 9.73. The van der Waals surface area contributed by atoms with E-state index in [1.165, 1.54) is 0 Å². The van der Waals surface area contributed by atoms with Gasteiger partial charge in [-0.25, -0.2) is 4.79 Å². The summed E-state index contributed by atoms with van der Waals surface area (Å²) in [4.78, 5) is 28.6. The number of carbonyl (C=O) groups is 2. The number of ketones is 1. The summed E-state index contributed by atoms with van der Waals surface area (Å²) in [6.07, 6.45) is 2.78. The van der Waals surface area contributed by atoms with Gasteiger partial charge < -0.3 is 10.0 Å². The van der Waals surface area contributed by atoms with Crippen LogP contribution in [0.3, 0.4) is 0 Å². The molecule has 164 valence electrons. The van der Waals surface area contributed by atoms with Crippen LogP contribution in [-0.4, -0.2) is 52.5 Å². The molecule has 31 heavy (non-hydrogen) atoms. The van der Waals surface area contributed by atoms with Gasteiger partial charge in [-0.3, -0.25) is 9.69 Å². The smallest absolute Gasteiger partial charge is 0.408 e. The zero-order chi connectivity index (χ0) is 22.8. The van der Waals surface area contributed by atoms with Gasteiger partial charge in [0.1, 0.15) is 0 Å². The first-order valence-corrected chi connectivity index (χ1v) is 10.7. The van der Waals surface area contributed by atoms with Gasteiger partial charge >= 0.3 is 6.09 Å². The molecule has 3 rings (SSSR count). The van der Waals surface area contributed by atoms with Crippen LogP contribution in [0.2, 0.25) is 0 Å². The third-order valence-electron chi connectivity index (χ3n) is 5.82. The van der Waals surface area contributed by atoms with Crippen LogP contribution in [0.5, 0.6) is 0 Å². The van der Waals surface area contributed by atoms with Gasteiger partial charge in [-0.15, -0.1) is 0 Å². The van der Waals surface area contributed by atoms with Crippen molar-refractivity contribution >= 4 is 17.4 Å². The fourth-order valence-corrected chi connectivity index (χ4v) is 4.28. The largest absolute Gasteiger partial charge is 0.465 e. The Kier molecular flexibility index (Phi) is 6.54. The Bertz CT molecular complexity index is 956. The molecule has 5 nitrogen and oxygen atoms in total. The molecule has 1 saturated carbocycles. The summed E-state index contributed by atoms with van der Waals surface area (Å²) in [7, 11) is 3.80. The third-order valence-corrected chi connectivity index (χ3v) is 5.82. The fraction of sp³-hybridized carbons (Fsp3) is 0.385. The Morgan fingerprint density at radius 1 is 0.935 bits per heavy atom. The molecule has 1 fully saturated rings. The second kappa shape index (κ2) is 8.96. The van der Waals surface area contributed by atoms with E-state index in [0.717, 1.165) is 24.0 Å². The van der Waals surface area contributed by atoms with E-state index >= 15 is 0 Å². The summed E-state index contributed by atoms with van der Waals surface area (Å²) in [5.74, 6) is 0.129. The quantitative estimate of drug-likeness (QED) is 0.495. The van der Waals surface area contributed by atoms with Crippen LogP contribution < -0.4 is 0 Å². The SMILES string of the molecule is CN(C)C=C(C(=O)c1ccc(C2CCC2N(C(=O)O)C(C)(C)C)cc1)c1ccccc1. The van der Waals surface area contributed by atoms with Crippen molar-refractivity contribution in [1.82, 2.24) is 9.80 Å². The number of rotatable bonds is 6. The van der Waals surface area contributed by atoms with E-state index in [4.69, 9.17) is 0 Å². The Morgan fingerprint density at radius 3 is 2.00 bits per heavy atom. The molecule has 0 heterocycles. The van der Waals surface area contributed by atoms with Crippen molar-refractivity contribution in [3.63, 3.8) is 0 Å². The molecule has 1 aliphatic carbocycles. The number of Topliss-reactive ketones (excluding diaryl/α,β-unsaturated/α-hetero) is 1. The first-order valence-electron chi connectivity index (χ1n) is 10.7. The maximum Gasteiger partial charge on any atom is 0.408 e. The maximum absolute atomic E-state index is 13.3. The highest BCUT2D eigenvalue weighted by atomic mass is 16.4. The molecule has 1 N–H and O–H groups in total. The standard InChI is InChI=1S/C26H32N2O3/c1-26(2,3)28(25(30)31)23-16-15-21(23)19-11-13-20(14-12-19)24(29)22(17-27(4)5)18-9-7-6-8-10-18/h6-14,17,21,23H,15-16H2,1-5H3,(H,30,31). The molecule has 1 amide bonds. The zero-order valence-corrected chi connectivity index (χ0v) is 19.0. The number of nitrogens with zero attached hydrogens (tertiary/aromatic N) is 2. The molecule has 2 aromatic carbocycles. The number of hydrogen-bond acceptors (Lipinski definition) is 3. The van der Waals surface area contributed by atoms with E-state index in [0.29, 0.717) is 11.1 Å². The van der Waals surface area contributed by atoms with Gasteiger partial charge in [-0.2, -0.15) is 0 Å². The van der Waals surface area contributed by atoms with Crippen LogP contribution in [0, 0.1) is 0 Å². The first-order chi connectivity index (χ1) is 14.6. The van der Waals surface area contributed by atoms with Crippen molar-refractivity contribution in [3.05, 3.63) is 77.5 Å². The average Bonchev–Trinajstić information content (AvgIpc) is 2.68. The average molecular weight is 421 g/mol. The van der Waals surface area contributed by atoms with Gasteiger partial charge in [-0.1, -0.05) is 54.6 Å². The maximum atomic E-state index is 13.3. The molecular weight excluding hydrogens is 388 g/mol. The molecule has 0 aliphatic heterocycles. The van der Waals surface area contributed by atoms with Crippen LogP contribution in [-0.2, 0) is 0 Å². The van der Waals surface area contributed by atoms with Crippen LogP contribution in [0.1, 0.15) is 61.0 Å². The molecule has 1 aliphatic rings. The summed E-state index contributed by atoms with van der Waals surface area (Å²) in [6, 6.07) is 17.3. The van der Waals surface area contributed by atoms with Crippen molar-refractivity contribution < 1.29 is 14.7 Å². The van der Waals surface area contributed by atoms with E-state index in [9.17, 15) is 14.7 Å². The Labute approximate surface area is 185 Å². The summed E-state index contributed by atoms with van der Waals surface area (Å²) in [5, 5.41) is 9.74. The molecular formula is C26H32N2O3. The van der Waals surface area contributed by atoms with Crippen molar-refractivity contribution in [2.24, 2.45) is 0 Å². The highest BCUT2D eigenvalue weighted by Crippen LogP contribution is 2.43. The number of hydrogen-bond donors (Lipinski definition) is 1. The molecule has 2 unspecified atom stereocenters. The normalized spacial score (nSPS) is 18.8. The lowest BCUT2D eigenvalue weighted by Gasteiger charge is -2.49. The molecule has 0 radical (unpaired) electrons. The molecule has 0 spiro atoms. The minimum atomic E-state index is -0.879. The number of amides is 1. The topological polar surface area (TPSA) is 60.9 Å². The monoisotopic (exact) mass is 420 g/mol. The number of allylic oxidation sites excluding steroid dienone is 1. The van der Waals surface area contributed by atoms with E-state index in [1.807, 2.05) is 101 Å². The minimum absolute atomic E-state index is 0.0292. The van der Waals surface area contributed by atoms with Crippen molar-refractivity contribution in [1.29, 1.82) is 0 Å². The molecule has 2 atom stereocenters. The van der Waals surface area contributed by atoms with Gasteiger partial charge in [0.05, 0.1) is 0 Å². The van der Waals surface area contributed by atoms with Gasteiger partial charge in [0.2, 0.25) is 0 Å². The van der Waals surface area contributed by atoms with Gasteiger partial charge in [-0.05, 0) is 44.7 Å². The van der Waals surface area contributed by atoms with Crippen LogP contribution in [0.25, 0.3) is 5.57 Å². The molecule has 5 heteroatoms.